The molecule has 2 amide bonds. The van der Waals surface area contributed by atoms with Gasteiger partial charge in [-0.3, -0.25) is 14.5 Å². The van der Waals surface area contributed by atoms with E-state index in [-0.39, 0.29) is 18.2 Å². The number of carbonyl (C=O) groups is 2. The quantitative estimate of drug-likeness (QED) is 0.801. The van der Waals surface area contributed by atoms with Crippen LogP contribution in [-0.4, -0.2) is 55.6 Å². The molecule has 0 spiro atoms. The summed E-state index contributed by atoms with van der Waals surface area (Å²) in [6.45, 7) is 6.36. The Morgan fingerprint density at radius 1 is 1.27 bits per heavy atom. The number of aryl methyl sites for hydroxylation is 1. The Hall–Kier alpha value is -1.92. The van der Waals surface area contributed by atoms with E-state index >= 15 is 0 Å². The number of carbonyl (C=O) groups excluding carboxylic acids is 2. The van der Waals surface area contributed by atoms with Gasteiger partial charge in [-0.25, -0.2) is 0 Å². The smallest absolute Gasteiger partial charge is 0.237 e. The molecule has 3 rings (SSSR count). The van der Waals surface area contributed by atoms with Gasteiger partial charge in [0.25, 0.3) is 0 Å². The lowest BCUT2D eigenvalue weighted by molar-refractivity contribution is -0.134. The van der Waals surface area contributed by atoms with E-state index in [1.165, 1.54) is 5.56 Å². The second kappa shape index (κ2) is 9.14. The minimum Gasteiger partial charge on any atom is -0.381 e. The van der Waals surface area contributed by atoms with Crippen molar-refractivity contribution in [1.29, 1.82) is 0 Å². The largest absolute Gasteiger partial charge is 0.381 e. The summed E-state index contributed by atoms with van der Waals surface area (Å²) in [6.07, 6.45) is 2.19. The number of nitrogens with one attached hydrogen (secondary N) is 2. The van der Waals surface area contributed by atoms with Gasteiger partial charge in [-0.1, -0.05) is 29.8 Å². The molecule has 0 bridgehead atoms. The fourth-order valence-corrected chi connectivity index (χ4v) is 3.56. The summed E-state index contributed by atoms with van der Waals surface area (Å²) in [5, 5.41) is 5.90. The second-order valence-electron chi connectivity index (χ2n) is 7.33. The van der Waals surface area contributed by atoms with Crippen LogP contribution in [0.2, 0.25) is 0 Å². The number of piperazine rings is 1. The van der Waals surface area contributed by atoms with Gasteiger partial charge in [-0.05, 0) is 31.2 Å². The van der Waals surface area contributed by atoms with Crippen molar-refractivity contribution in [2.24, 2.45) is 5.92 Å². The Labute approximate surface area is 155 Å². The van der Waals surface area contributed by atoms with E-state index in [2.05, 4.69) is 46.7 Å². The molecule has 0 aromatic heterocycles. The third-order valence-electron chi connectivity index (χ3n) is 5.26. The molecule has 2 saturated heterocycles. The van der Waals surface area contributed by atoms with Crippen LogP contribution in [0.15, 0.2) is 24.3 Å². The zero-order chi connectivity index (χ0) is 18.4. The number of nitrogens with zero attached hydrogens (tertiary/aromatic N) is 1. The van der Waals surface area contributed by atoms with Crippen LogP contribution in [0.1, 0.15) is 30.4 Å². The summed E-state index contributed by atoms with van der Waals surface area (Å²) in [7, 11) is 0. The second-order valence-corrected chi connectivity index (χ2v) is 7.33. The van der Waals surface area contributed by atoms with Gasteiger partial charge in [-0.15, -0.1) is 0 Å². The summed E-state index contributed by atoms with van der Waals surface area (Å²) in [5.74, 6) is 0.383. The highest BCUT2D eigenvalue weighted by molar-refractivity contribution is 5.88. The van der Waals surface area contributed by atoms with Crippen LogP contribution in [0.5, 0.6) is 0 Å². The lowest BCUT2D eigenvalue weighted by atomic mass is 10.00. The standard InChI is InChI=1S/C20H29N3O3/c1-15-2-4-17(5-3-15)14-23-9-8-21-20(25)18(23)12-19(24)22-13-16-6-10-26-11-7-16/h2-5,16,18H,6-14H2,1H3,(H,21,25)(H,22,24). The van der Waals surface area contributed by atoms with E-state index < -0.39 is 6.04 Å². The molecule has 0 aliphatic carbocycles. The van der Waals surface area contributed by atoms with E-state index in [1.807, 2.05) is 0 Å². The van der Waals surface area contributed by atoms with Crippen molar-refractivity contribution in [1.82, 2.24) is 15.5 Å². The molecule has 1 aromatic rings. The molecule has 2 heterocycles. The average molecular weight is 359 g/mol. The topological polar surface area (TPSA) is 70.7 Å². The van der Waals surface area contributed by atoms with Crippen molar-refractivity contribution in [3.05, 3.63) is 35.4 Å². The average Bonchev–Trinajstić information content (AvgIpc) is 2.65. The Kier molecular flexibility index (Phi) is 6.63. The van der Waals surface area contributed by atoms with E-state index in [4.69, 9.17) is 4.74 Å². The molecule has 2 N–H and O–H groups in total. The minimum absolute atomic E-state index is 0.0487. The molecule has 2 fully saturated rings. The van der Waals surface area contributed by atoms with Gasteiger partial charge in [0.05, 0.1) is 12.5 Å². The number of benzene rings is 1. The zero-order valence-electron chi connectivity index (χ0n) is 15.5. The van der Waals surface area contributed by atoms with Gasteiger partial charge >= 0.3 is 0 Å². The van der Waals surface area contributed by atoms with Gasteiger partial charge in [0.15, 0.2) is 0 Å². The molecule has 6 heteroatoms. The summed E-state index contributed by atoms with van der Waals surface area (Å²) in [6, 6.07) is 7.93. The van der Waals surface area contributed by atoms with E-state index in [0.29, 0.717) is 25.6 Å². The van der Waals surface area contributed by atoms with Gasteiger partial charge in [0.1, 0.15) is 0 Å². The highest BCUT2D eigenvalue weighted by Crippen LogP contribution is 2.16. The van der Waals surface area contributed by atoms with Crippen LogP contribution in [0.25, 0.3) is 0 Å². The number of hydrogen-bond donors (Lipinski definition) is 2. The van der Waals surface area contributed by atoms with E-state index in [1.54, 1.807) is 0 Å². The molecule has 6 nitrogen and oxygen atoms in total. The first kappa shape index (κ1) is 18.9. The molecule has 2 aliphatic heterocycles. The minimum atomic E-state index is -0.403. The maximum absolute atomic E-state index is 12.4. The molecule has 1 unspecified atom stereocenters. The third kappa shape index (κ3) is 5.29. The Balaban J connectivity index is 1.54. The lowest BCUT2D eigenvalue weighted by Crippen LogP contribution is -2.56. The molecule has 2 aliphatic rings. The Morgan fingerprint density at radius 3 is 2.73 bits per heavy atom. The zero-order valence-corrected chi connectivity index (χ0v) is 15.5. The fraction of sp³-hybridized carbons (Fsp3) is 0.600. The fourth-order valence-electron chi connectivity index (χ4n) is 3.56. The van der Waals surface area contributed by atoms with Crippen LogP contribution in [-0.2, 0) is 20.9 Å². The van der Waals surface area contributed by atoms with E-state index in [9.17, 15) is 9.59 Å². The van der Waals surface area contributed by atoms with Crippen LogP contribution < -0.4 is 10.6 Å². The predicted octanol–water partition coefficient (Wildman–Crippen LogP) is 1.23. The van der Waals surface area contributed by atoms with Crippen molar-refractivity contribution in [3.8, 4) is 0 Å². The van der Waals surface area contributed by atoms with Crippen LogP contribution >= 0.6 is 0 Å². The number of rotatable bonds is 6. The van der Waals surface area contributed by atoms with Crippen molar-refractivity contribution < 1.29 is 14.3 Å². The molecular formula is C20H29N3O3. The van der Waals surface area contributed by atoms with Crippen LogP contribution in [0.3, 0.4) is 0 Å². The molecule has 26 heavy (non-hydrogen) atoms. The summed E-state index contributed by atoms with van der Waals surface area (Å²) in [5.41, 5.74) is 2.38. The maximum Gasteiger partial charge on any atom is 0.237 e. The monoisotopic (exact) mass is 359 g/mol. The molecule has 142 valence electrons. The van der Waals surface area contributed by atoms with Gasteiger partial charge < -0.3 is 15.4 Å². The number of hydrogen-bond acceptors (Lipinski definition) is 4. The Morgan fingerprint density at radius 2 is 2.00 bits per heavy atom. The van der Waals surface area contributed by atoms with Crippen molar-refractivity contribution in [3.63, 3.8) is 0 Å². The van der Waals surface area contributed by atoms with Crippen molar-refractivity contribution >= 4 is 11.8 Å². The molecular weight excluding hydrogens is 330 g/mol. The SMILES string of the molecule is Cc1ccc(CN2CCNC(=O)C2CC(=O)NCC2CCOCC2)cc1. The molecule has 1 aromatic carbocycles. The highest BCUT2D eigenvalue weighted by atomic mass is 16.5. The van der Waals surface area contributed by atoms with E-state index in [0.717, 1.165) is 38.2 Å². The summed E-state index contributed by atoms with van der Waals surface area (Å²) >= 11 is 0. The molecule has 0 saturated carbocycles. The highest BCUT2D eigenvalue weighted by Gasteiger charge is 2.31. The van der Waals surface area contributed by atoms with Crippen molar-refractivity contribution in [2.75, 3.05) is 32.8 Å². The first-order valence-electron chi connectivity index (χ1n) is 9.53. The summed E-state index contributed by atoms with van der Waals surface area (Å²) < 4.78 is 5.35. The van der Waals surface area contributed by atoms with Gasteiger partial charge in [0, 0.05) is 39.4 Å². The summed E-state index contributed by atoms with van der Waals surface area (Å²) in [4.78, 5) is 26.8. The van der Waals surface area contributed by atoms with Crippen LogP contribution in [0, 0.1) is 12.8 Å². The van der Waals surface area contributed by atoms with Gasteiger partial charge in [0.2, 0.25) is 11.8 Å². The first-order valence-corrected chi connectivity index (χ1v) is 9.53. The maximum atomic E-state index is 12.4. The van der Waals surface area contributed by atoms with Gasteiger partial charge in [-0.2, -0.15) is 0 Å². The first-order chi connectivity index (χ1) is 12.6. The predicted molar refractivity (Wildman–Crippen MR) is 99.6 cm³/mol. The molecule has 1 atom stereocenters. The lowest BCUT2D eigenvalue weighted by Gasteiger charge is -2.34. The van der Waals surface area contributed by atoms with Crippen molar-refractivity contribution in [2.45, 2.75) is 38.8 Å². The third-order valence-corrected chi connectivity index (χ3v) is 5.26. The van der Waals surface area contributed by atoms with Crippen LogP contribution in [0.4, 0.5) is 0 Å². The molecule has 0 radical (unpaired) electrons. The Bertz CT molecular complexity index is 611. The number of amides is 2. The number of ether oxygens (including phenoxy) is 1. The normalized spacial score (nSPS) is 22.0.